The van der Waals surface area contributed by atoms with E-state index in [1.54, 1.807) is 0 Å². The van der Waals surface area contributed by atoms with Gasteiger partial charge in [0, 0.05) is 12.1 Å². The minimum Gasteiger partial charge on any atom is -0.350 e. The largest absolute Gasteiger partial charge is 0.350 e. The molecule has 21 heavy (non-hydrogen) atoms. The molecule has 1 unspecified atom stereocenters. The Hall–Kier alpha value is -1.35. The van der Waals surface area contributed by atoms with Gasteiger partial charge in [-0.05, 0) is 51.2 Å². The highest BCUT2D eigenvalue weighted by Crippen LogP contribution is 2.10. The quantitative estimate of drug-likeness (QED) is 0.844. The third-order valence-electron chi connectivity index (χ3n) is 3.17. The highest BCUT2D eigenvalue weighted by Gasteiger charge is 2.18. The Bertz CT molecular complexity index is 443. The molecule has 0 radical (unpaired) electrons. The molecule has 0 aliphatic carbocycles. The Labute approximate surface area is 129 Å². The van der Waals surface area contributed by atoms with Crippen LogP contribution in [0.25, 0.3) is 0 Å². The van der Waals surface area contributed by atoms with E-state index in [2.05, 4.69) is 48.7 Å². The van der Waals surface area contributed by atoms with Gasteiger partial charge in [0.1, 0.15) is 0 Å². The van der Waals surface area contributed by atoms with Crippen molar-refractivity contribution in [1.82, 2.24) is 10.6 Å². The molecular weight excluding hydrogens is 260 g/mol. The summed E-state index contributed by atoms with van der Waals surface area (Å²) in [4.78, 5) is 12.0. The van der Waals surface area contributed by atoms with Gasteiger partial charge in [0.05, 0.1) is 6.04 Å². The van der Waals surface area contributed by atoms with Gasteiger partial charge in [0.25, 0.3) is 0 Å². The molecule has 1 rings (SSSR count). The fourth-order valence-electron chi connectivity index (χ4n) is 2.11. The average Bonchev–Trinajstić information content (AvgIpc) is 2.34. The van der Waals surface area contributed by atoms with Crippen LogP contribution in [0.3, 0.4) is 0 Å². The van der Waals surface area contributed by atoms with Crippen molar-refractivity contribution in [1.29, 1.82) is 0 Å². The first-order chi connectivity index (χ1) is 9.67. The molecular formula is C18H30N2O. The lowest BCUT2D eigenvalue weighted by atomic mass is 10.0. The zero-order chi connectivity index (χ0) is 16.0. The lowest BCUT2D eigenvalue weighted by Gasteiger charge is -2.23. The van der Waals surface area contributed by atoms with Crippen molar-refractivity contribution >= 4 is 5.91 Å². The number of rotatable bonds is 6. The number of amides is 1. The first kappa shape index (κ1) is 17.7. The average molecular weight is 290 g/mol. The summed E-state index contributed by atoms with van der Waals surface area (Å²) in [6.45, 7) is 13.0. The molecule has 0 aliphatic rings. The second kappa shape index (κ2) is 7.60. The van der Waals surface area contributed by atoms with Gasteiger partial charge in [-0.25, -0.2) is 0 Å². The van der Waals surface area contributed by atoms with Crippen molar-refractivity contribution in [2.75, 3.05) is 0 Å². The summed E-state index contributed by atoms with van der Waals surface area (Å²) in [7, 11) is 0. The molecule has 2 N–H and O–H groups in total. The monoisotopic (exact) mass is 290 g/mol. The minimum atomic E-state index is -0.195. The highest BCUT2D eigenvalue weighted by atomic mass is 16.2. The molecule has 1 amide bonds. The lowest BCUT2D eigenvalue weighted by molar-refractivity contribution is -0.124. The molecule has 0 spiro atoms. The van der Waals surface area contributed by atoms with Gasteiger partial charge >= 0.3 is 0 Å². The predicted molar refractivity (Wildman–Crippen MR) is 89.2 cm³/mol. The van der Waals surface area contributed by atoms with E-state index in [9.17, 15) is 4.79 Å². The van der Waals surface area contributed by atoms with Gasteiger partial charge in [-0.15, -0.1) is 0 Å². The lowest BCUT2D eigenvalue weighted by Crippen LogP contribution is -2.49. The summed E-state index contributed by atoms with van der Waals surface area (Å²) < 4.78 is 0. The molecule has 0 aliphatic heterocycles. The molecule has 118 valence electrons. The fraction of sp³-hybridized carbons (Fsp3) is 0.611. The topological polar surface area (TPSA) is 41.1 Å². The second-order valence-electron chi connectivity index (χ2n) is 7.26. The van der Waals surface area contributed by atoms with Crippen LogP contribution in [0.15, 0.2) is 24.3 Å². The fourth-order valence-corrected chi connectivity index (χ4v) is 2.11. The van der Waals surface area contributed by atoms with E-state index in [4.69, 9.17) is 0 Å². The first-order valence-corrected chi connectivity index (χ1v) is 7.80. The van der Waals surface area contributed by atoms with E-state index >= 15 is 0 Å². The number of carbonyl (C=O) groups is 1. The van der Waals surface area contributed by atoms with E-state index in [0.717, 1.165) is 6.42 Å². The Morgan fingerprint density at radius 1 is 1.05 bits per heavy atom. The molecule has 3 nitrogen and oxygen atoms in total. The number of hydrogen-bond donors (Lipinski definition) is 2. The zero-order valence-electron chi connectivity index (χ0n) is 14.3. The third kappa shape index (κ3) is 7.28. The molecule has 0 saturated heterocycles. The van der Waals surface area contributed by atoms with Gasteiger partial charge in [-0.3, -0.25) is 4.79 Å². The van der Waals surface area contributed by atoms with E-state index in [1.165, 1.54) is 11.1 Å². The van der Waals surface area contributed by atoms with Crippen LogP contribution in [0, 0.1) is 5.92 Å². The van der Waals surface area contributed by atoms with Crippen LogP contribution < -0.4 is 10.6 Å². The minimum absolute atomic E-state index is 0.0407. The molecule has 0 aromatic heterocycles. The number of carbonyl (C=O) groups excluding carboxylic acids is 1. The summed E-state index contributed by atoms with van der Waals surface area (Å²) in [6.07, 6.45) is 1.11. The van der Waals surface area contributed by atoms with E-state index < -0.39 is 0 Å². The maximum absolute atomic E-state index is 12.0. The second-order valence-corrected chi connectivity index (χ2v) is 7.26. The van der Waals surface area contributed by atoms with Crippen molar-refractivity contribution < 1.29 is 4.79 Å². The van der Waals surface area contributed by atoms with E-state index in [0.29, 0.717) is 12.5 Å². The number of hydrogen-bond acceptors (Lipinski definition) is 2. The Balaban J connectivity index is 2.46. The van der Waals surface area contributed by atoms with Crippen LogP contribution in [-0.4, -0.2) is 17.5 Å². The van der Waals surface area contributed by atoms with Gasteiger partial charge in [0.2, 0.25) is 5.91 Å². The third-order valence-corrected chi connectivity index (χ3v) is 3.17. The highest BCUT2D eigenvalue weighted by molar-refractivity contribution is 5.81. The number of benzene rings is 1. The molecule has 0 fully saturated rings. The van der Waals surface area contributed by atoms with Crippen molar-refractivity contribution in [2.45, 2.75) is 66.1 Å². The predicted octanol–water partition coefficient (Wildman–Crippen LogP) is 3.28. The summed E-state index contributed by atoms with van der Waals surface area (Å²) in [6, 6.07) is 8.44. The first-order valence-electron chi connectivity index (χ1n) is 7.80. The maximum atomic E-state index is 12.0. The van der Waals surface area contributed by atoms with Crippen LogP contribution >= 0.6 is 0 Å². The summed E-state index contributed by atoms with van der Waals surface area (Å²) in [5, 5.41) is 6.25. The van der Waals surface area contributed by atoms with E-state index in [1.807, 2.05) is 27.7 Å². The van der Waals surface area contributed by atoms with E-state index in [-0.39, 0.29) is 17.5 Å². The number of nitrogens with one attached hydrogen (secondary N) is 2. The molecule has 3 heteroatoms. The van der Waals surface area contributed by atoms with Gasteiger partial charge in [0.15, 0.2) is 0 Å². The summed E-state index contributed by atoms with van der Waals surface area (Å²) >= 11 is 0. The zero-order valence-corrected chi connectivity index (χ0v) is 14.3. The molecule has 0 saturated carbocycles. The molecule has 0 bridgehead atoms. The molecule has 1 atom stereocenters. The SMILES string of the molecule is CC(C)Cc1ccc(CNC(C)C(=O)NC(C)(C)C)cc1. The van der Waals surface area contributed by atoms with Crippen LogP contribution in [0.2, 0.25) is 0 Å². The van der Waals surface area contributed by atoms with Gasteiger partial charge in [-0.1, -0.05) is 38.1 Å². The van der Waals surface area contributed by atoms with Crippen molar-refractivity contribution in [2.24, 2.45) is 5.92 Å². The van der Waals surface area contributed by atoms with Crippen LogP contribution in [0.5, 0.6) is 0 Å². The molecule has 1 aromatic rings. The van der Waals surface area contributed by atoms with Gasteiger partial charge < -0.3 is 10.6 Å². The Morgan fingerprint density at radius 3 is 2.05 bits per heavy atom. The Morgan fingerprint density at radius 2 is 1.57 bits per heavy atom. The maximum Gasteiger partial charge on any atom is 0.237 e. The van der Waals surface area contributed by atoms with Crippen molar-refractivity contribution in [3.8, 4) is 0 Å². The summed E-state index contributed by atoms with van der Waals surface area (Å²) in [5.41, 5.74) is 2.39. The molecule has 0 heterocycles. The summed E-state index contributed by atoms with van der Waals surface area (Å²) in [5.74, 6) is 0.717. The molecule has 1 aromatic carbocycles. The van der Waals surface area contributed by atoms with Crippen LogP contribution in [0.4, 0.5) is 0 Å². The normalized spacial score (nSPS) is 13.3. The van der Waals surface area contributed by atoms with Crippen LogP contribution in [0.1, 0.15) is 52.7 Å². The van der Waals surface area contributed by atoms with Crippen molar-refractivity contribution in [3.05, 3.63) is 35.4 Å². The smallest absolute Gasteiger partial charge is 0.237 e. The standard InChI is InChI=1S/C18H30N2O/c1-13(2)11-15-7-9-16(10-8-15)12-19-14(3)17(21)20-18(4,5)6/h7-10,13-14,19H,11-12H2,1-6H3,(H,20,21). The van der Waals surface area contributed by atoms with Crippen LogP contribution in [-0.2, 0) is 17.8 Å². The van der Waals surface area contributed by atoms with Gasteiger partial charge in [-0.2, -0.15) is 0 Å². The Kier molecular flexibility index (Phi) is 6.41. The van der Waals surface area contributed by atoms with Crippen molar-refractivity contribution in [3.63, 3.8) is 0 Å².